The molecule has 1 saturated heterocycles. The molecule has 0 aromatic rings. The lowest BCUT2D eigenvalue weighted by atomic mass is 9.84. The quantitative estimate of drug-likeness (QED) is 0.694. The second-order valence-corrected chi connectivity index (χ2v) is 5.39. The minimum Gasteiger partial charge on any atom is -0.376 e. The van der Waals surface area contributed by atoms with Crippen molar-refractivity contribution in [3.63, 3.8) is 0 Å². The summed E-state index contributed by atoms with van der Waals surface area (Å²) in [7, 11) is 0. The molecule has 3 atom stereocenters. The molecule has 0 radical (unpaired) electrons. The zero-order chi connectivity index (χ0) is 13.7. The number of ether oxygens (including phenoxy) is 1. The molecular weight excluding hydrogens is 246 g/mol. The summed E-state index contributed by atoms with van der Waals surface area (Å²) in [5, 5.41) is 5.67. The lowest BCUT2D eigenvalue weighted by Gasteiger charge is -2.30. The molecule has 2 aliphatic rings. The maximum atomic E-state index is 11.8. The van der Waals surface area contributed by atoms with E-state index in [4.69, 9.17) is 10.5 Å². The maximum absolute atomic E-state index is 11.8. The fraction of sp³-hybridized carbons (Fsp3) is 0.846. The number of amides is 3. The average Bonchev–Trinajstić information content (AvgIpc) is 2.90. The molecule has 1 aliphatic heterocycles. The number of carbonyl (C=O) groups excluding carboxylic acids is 2. The summed E-state index contributed by atoms with van der Waals surface area (Å²) in [6, 6.07) is -0.357. The van der Waals surface area contributed by atoms with Crippen molar-refractivity contribution in [2.75, 3.05) is 13.2 Å². The molecule has 0 spiro atoms. The van der Waals surface area contributed by atoms with Gasteiger partial charge in [-0.2, -0.15) is 0 Å². The standard InChI is InChI=1S/C13H23N3O3/c14-12(17)10-5-1-2-6-11(10)16-13(18)15-8-9-4-3-7-19-9/h9-11H,1-8H2,(H2,14,17)(H2,15,16,18). The highest BCUT2D eigenvalue weighted by molar-refractivity contribution is 5.79. The Labute approximate surface area is 113 Å². The van der Waals surface area contributed by atoms with Crippen molar-refractivity contribution in [3.8, 4) is 0 Å². The third-order valence-corrected chi connectivity index (χ3v) is 3.96. The van der Waals surface area contributed by atoms with E-state index in [2.05, 4.69) is 10.6 Å². The van der Waals surface area contributed by atoms with Crippen LogP contribution in [0.1, 0.15) is 38.5 Å². The van der Waals surface area contributed by atoms with Gasteiger partial charge in [0.05, 0.1) is 12.0 Å². The van der Waals surface area contributed by atoms with E-state index >= 15 is 0 Å². The Morgan fingerprint density at radius 1 is 1.16 bits per heavy atom. The van der Waals surface area contributed by atoms with Crippen LogP contribution in [0.25, 0.3) is 0 Å². The highest BCUT2D eigenvalue weighted by Crippen LogP contribution is 2.24. The highest BCUT2D eigenvalue weighted by Gasteiger charge is 2.30. The van der Waals surface area contributed by atoms with Crippen LogP contribution < -0.4 is 16.4 Å². The molecule has 1 heterocycles. The van der Waals surface area contributed by atoms with Crippen LogP contribution in [0.5, 0.6) is 0 Å². The van der Waals surface area contributed by atoms with Gasteiger partial charge in [-0.1, -0.05) is 12.8 Å². The Morgan fingerprint density at radius 2 is 1.95 bits per heavy atom. The zero-order valence-corrected chi connectivity index (χ0v) is 11.2. The van der Waals surface area contributed by atoms with Crippen molar-refractivity contribution in [1.29, 1.82) is 0 Å². The summed E-state index contributed by atoms with van der Waals surface area (Å²) >= 11 is 0. The van der Waals surface area contributed by atoms with Gasteiger partial charge in [-0.15, -0.1) is 0 Å². The van der Waals surface area contributed by atoms with Gasteiger partial charge in [-0.3, -0.25) is 4.79 Å². The summed E-state index contributed by atoms with van der Waals surface area (Å²) in [6.07, 6.45) is 5.80. The number of hydrogen-bond donors (Lipinski definition) is 3. The van der Waals surface area contributed by atoms with Crippen molar-refractivity contribution < 1.29 is 14.3 Å². The van der Waals surface area contributed by atoms with Crippen LogP contribution in [0.3, 0.4) is 0 Å². The summed E-state index contributed by atoms with van der Waals surface area (Å²) in [6.45, 7) is 1.31. The van der Waals surface area contributed by atoms with Gasteiger partial charge in [0.15, 0.2) is 0 Å². The second kappa shape index (κ2) is 6.75. The molecule has 1 saturated carbocycles. The number of nitrogens with one attached hydrogen (secondary N) is 2. The first-order valence-electron chi connectivity index (χ1n) is 7.12. The summed E-state index contributed by atoms with van der Waals surface area (Å²) in [5.41, 5.74) is 5.38. The topological polar surface area (TPSA) is 93.5 Å². The van der Waals surface area contributed by atoms with Crippen LogP contribution in [0, 0.1) is 5.92 Å². The Morgan fingerprint density at radius 3 is 2.63 bits per heavy atom. The van der Waals surface area contributed by atoms with Crippen molar-refractivity contribution in [3.05, 3.63) is 0 Å². The maximum Gasteiger partial charge on any atom is 0.315 e. The molecule has 6 heteroatoms. The predicted octanol–water partition coefficient (Wildman–Crippen LogP) is 0.509. The fourth-order valence-corrected chi connectivity index (χ4v) is 2.88. The molecule has 2 fully saturated rings. The van der Waals surface area contributed by atoms with Gasteiger partial charge in [-0.25, -0.2) is 4.79 Å². The van der Waals surface area contributed by atoms with Crippen LogP contribution in [-0.2, 0) is 9.53 Å². The van der Waals surface area contributed by atoms with Crippen LogP contribution >= 0.6 is 0 Å². The van der Waals surface area contributed by atoms with E-state index in [0.29, 0.717) is 6.54 Å². The molecule has 0 bridgehead atoms. The number of hydrogen-bond acceptors (Lipinski definition) is 3. The van der Waals surface area contributed by atoms with Gasteiger partial charge < -0.3 is 21.1 Å². The Kier molecular flexibility index (Phi) is 5.01. The fourth-order valence-electron chi connectivity index (χ4n) is 2.88. The van der Waals surface area contributed by atoms with Crippen molar-refractivity contribution in [2.24, 2.45) is 11.7 Å². The summed E-state index contributed by atoms with van der Waals surface area (Å²) in [4.78, 5) is 23.2. The van der Waals surface area contributed by atoms with Gasteiger partial charge in [0.2, 0.25) is 5.91 Å². The molecule has 0 aromatic heterocycles. The van der Waals surface area contributed by atoms with Gasteiger partial charge in [0.25, 0.3) is 0 Å². The van der Waals surface area contributed by atoms with E-state index in [1.54, 1.807) is 0 Å². The Bertz CT molecular complexity index is 329. The second-order valence-electron chi connectivity index (χ2n) is 5.39. The molecule has 2 rings (SSSR count). The largest absolute Gasteiger partial charge is 0.376 e. The van der Waals surface area contributed by atoms with Crippen molar-refractivity contribution in [1.82, 2.24) is 10.6 Å². The van der Waals surface area contributed by atoms with E-state index in [1.807, 2.05) is 0 Å². The van der Waals surface area contributed by atoms with Gasteiger partial charge in [0, 0.05) is 19.2 Å². The highest BCUT2D eigenvalue weighted by atomic mass is 16.5. The molecule has 108 valence electrons. The monoisotopic (exact) mass is 269 g/mol. The van der Waals surface area contributed by atoms with Crippen LogP contribution in [0.2, 0.25) is 0 Å². The van der Waals surface area contributed by atoms with Crippen LogP contribution in [0.4, 0.5) is 4.79 Å². The SMILES string of the molecule is NC(=O)C1CCCCC1NC(=O)NCC1CCCO1. The van der Waals surface area contributed by atoms with Gasteiger partial charge >= 0.3 is 6.03 Å². The lowest BCUT2D eigenvalue weighted by Crippen LogP contribution is -2.51. The molecule has 4 N–H and O–H groups in total. The van der Waals surface area contributed by atoms with E-state index < -0.39 is 0 Å². The lowest BCUT2D eigenvalue weighted by molar-refractivity contribution is -0.123. The normalized spacial score (nSPS) is 30.8. The Balaban J connectivity index is 1.74. The van der Waals surface area contributed by atoms with Gasteiger partial charge in [0.1, 0.15) is 0 Å². The first kappa shape index (κ1) is 14.1. The van der Waals surface area contributed by atoms with E-state index in [9.17, 15) is 9.59 Å². The van der Waals surface area contributed by atoms with E-state index in [1.165, 1.54) is 0 Å². The molecule has 19 heavy (non-hydrogen) atoms. The number of carbonyl (C=O) groups is 2. The van der Waals surface area contributed by atoms with E-state index in [0.717, 1.165) is 45.1 Å². The summed E-state index contributed by atoms with van der Waals surface area (Å²) in [5.74, 6) is -0.550. The van der Waals surface area contributed by atoms with Crippen LogP contribution in [0.15, 0.2) is 0 Å². The molecule has 0 aromatic carbocycles. The molecule has 3 amide bonds. The smallest absolute Gasteiger partial charge is 0.315 e. The third-order valence-electron chi connectivity index (χ3n) is 3.96. The Hall–Kier alpha value is -1.30. The predicted molar refractivity (Wildman–Crippen MR) is 70.4 cm³/mol. The minimum absolute atomic E-state index is 0.129. The van der Waals surface area contributed by atoms with Crippen molar-refractivity contribution in [2.45, 2.75) is 50.7 Å². The molecule has 1 aliphatic carbocycles. The first-order valence-corrected chi connectivity index (χ1v) is 7.12. The van der Waals surface area contributed by atoms with Gasteiger partial charge in [-0.05, 0) is 25.7 Å². The molecular formula is C13H23N3O3. The van der Waals surface area contributed by atoms with Crippen LogP contribution in [-0.4, -0.2) is 37.2 Å². The number of primary amides is 1. The minimum atomic E-state index is -0.316. The zero-order valence-electron chi connectivity index (χ0n) is 11.2. The number of urea groups is 1. The van der Waals surface area contributed by atoms with Crippen molar-refractivity contribution >= 4 is 11.9 Å². The first-order chi connectivity index (χ1) is 9.16. The average molecular weight is 269 g/mol. The molecule has 6 nitrogen and oxygen atoms in total. The molecule has 3 unspecified atom stereocenters. The number of nitrogens with two attached hydrogens (primary N) is 1. The summed E-state index contributed by atoms with van der Waals surface area (Å²) < 4.78 is 5.44. The number of rotatable bonds is 4. The van der Waals surface area contributed by atoms with E-state index in [-0.39, 0.29) is 30.0 Å². The third kappa shape index (κ3) is 4.09.